The molecule has 8 nitrogen and oxygen atoms in total. The van der Waals surface area contributed by atoms with Crippen molar-refractivity contribution in [3.8, 4) is 0 Å². The van der Waals surface area contributed by atoms with Crippen molar-refractivity contribution in [2.45, 2.75) is 48.5 Å². The second-order valence-corrected chi connectivity index (χ2v) is 15.4. The van der Waals surface area contributed by atoms with Crippen molar-refractivity contribution in [3.63, 3.8) is 0 Å². The van der Waals surface area contributed by atoms with Crippen molar-refractivity contribution >= 4 is 50.2 Å². The zero-order chi connectivity index (χ0) is 33.4. The van der Waals surface area contributed by atoms with Gasteiger partial charge in [0.05, 0.1) is 22.5 Å². The Bertz CT molecular complexity index is 2010. The molecule has 2 heterocycles. The van der Waals surface area contributed by atoms with E-state index in [1.165, 1.54) is 16.4 Å². The van der Waals surface area contributed by atoms with Crippen molar-refractivity contribution in [2.24, 2.45) is 0 Å². The van der Waals surface area contributed by atoms with Gasteiger partial charge in [0, 0.05) is 53.1 Å². The van der Waals surface area contributed by atoms with Gasteiger partial charge in [0.15, 0.2) is 0 Å². The van der Waals surface area contributed by atoms with Crippen LogP contribution in [0.3, 0.4) is 0 Å². The molecule has 1 aromatic heterocycles. The molecule has 1 aliphatic heterocycles. The smallest absolute Gasteiger partial charge is 0.251 e. The number of halogens is 2. The number of hydrogen-bond donors (Lipinski definition) is 2. The third-order valence-electron chi connectivity index (χ3n) is 9.34. The second-order valence-electron chi connectivity index (χ2n) is 12.5. The van der Waals surface area contributed by atoms with Gasteiger partial charge in [-0.2, -0.15) is 4.31 Å². The molecule has 11 heteroatoms. The molecule has 2 N–H and O–H groups in total. The van der Waals surface area contributed by atoms with Crippen LogP contribution in [0.5, 0.6) is 0 Å². The minimum Gasteiger partial charge on any atom is -0.395 e. The monoisotopic (exact) mass is 702 g/mol. The number of amides is 1. The topological polar surface area (TPSA) is 105 Å². The summed E-state index contributed by atoms with van der Waals surface area (Å²) in [4.78, 5) is 17.6. The summed E-state index contributed by atoms with van der Waals surface area (Å²) in [7, 11) is -3.81. The Hall–Kier alpha value is -3.73. The van der Waals surface area contributed by atoms with Crippen molar-refractivity contribution in [2.75, 3.05) is 26.2 Å². The summed E-state index contributed by atoms with van der Waals surface area (Å²) >= 11 is 12.5. The Labute approximate surface area is 290 Å². The number of benzene rings is 4. The highest BCUT2D eigenvalue weighted by molar-refractivity contribution is 7.89. The molecular formula is C37H36Cl2N4O4S. The lowest BCUT2D eigenvalue weighted by atomic mass is 9.85. The van der Waals surface area contributed by atoms with E-state index in [-0.39, 0.29) is 35.6 Å². The van der Waals surface area contributed by atoms with E-state index in [2.05, 4.69) is 52.3 Å². The summed E-state index contributed by atoms with van der Waals surface area (Å²) in [6, 6.07) is 28.6. The first kappa shape index (κ1) is 32.8. The van der Waals surface area contributed by atoms with Gasteiger partial charge in [0.25, 0.3) is 5.91 Å². The fraction of sp³-hybridized carbons (Fsp3) is 0.297. The van der Waals surface area contributed by atoms with Crippen LogP contribution in [0.4, 0.5) is 0 Å². The average molecular weight is 704 g/mol. The number of hydrogen-bond acceptors (Lipinski definition) is 5. The third kappa shape index (κ3) is 6.62. The third-order valence-corrected chi connectivity index (χ3v) is 11.7. The lowest BCUT2D eigenvalue weighted by Gasteiger charge is -2.33. The number of imidazole rings is 1. The molecule has 0 radical (unpaired) electrons. The van der Waals surface area contributed by atoms with E-state index in [1.807, 2.05) is 24.3 Å². The van der Waals surface area contributed by atoms with E-state index in [0.29, 0.717) is 41.9 Å². The van der Waals surface area contributed by atoms with Crippen LogP contribution in [-0.4, -0.2) is 59.5 Å². The van der Waals surface area contributed by atoms with E-state index in [0.717, 1.165) is 46.4 Å². The highest BCUT2D eigenvalue weighted by Crippen LogP contribution is 2.44. The zero-order valence-corrected chi connectivity index (χ0v) is 28.6. The number of aliphatic hydroxyl groups is 1. The van der Waals surface area contributed by atoms with Crippen LogP contribution in [0.1, 0.15) is 76.4 Å². The molecule has 1 aliphatic carbocycles. The van der Waals surface area contributed by atoms with Crippen LogP contribution in [0.2, 0.25) is 10.0 Å². The van der Waals surface area contributed by atoms with Crippen LogP contribution in [0, 0.1) is 0 Å². The van der Waals surface area contributed by atoms with Gasteiger partial charge in [0.1, 0.15) is 5.82 Å². The first-order valence-electron chi connectivity index (χ1n) is 16.2. The Kier molecular flexibility index (Phi) is 9.32. The second kappa shape index (κ2) is 13.6. The number of nitrogens with zero attached hydrogens (tertiary/aromatic N) is 3. The van der Waals surface area contributed by atoms with Crippen molar-refractivity contribution in [3.05, 3.63) is 129 Å². The number of nitrogens with one attached hydrogen (secondary N) is 1. The number of aliphatic hydroxyl groups excluding tert-OH is 1. The molecule has 4 aromatic carbocycles. The van der Waals surface area contributed by atoms with Gasteiger partial charge in [-0.15, -0.1) is 0 Å². The van der Waals surface area contributed by atoms with Gasteiger partial charge in [-0.05, 0) is 97.0 Å². The first-order valence-corrected chi connectivity index (χ1v) is 18.4. The Morgan fingerprint density at radius 1 is 0.854 bits per heavy atom. The largest absolute Gasteiger partial charge is 0.395 e. The number of fused-ring (bicyclic) bond motifs is 1. The molecule has 0 unspecified atom stereocenters. The van der Waals surface area contributed by atoms with E-state index in [9.17, 15) is 13.2 Å². The van der Waals surface area contributed by atoms with Gasteiger partial charge in [0.2, 0.25) is 10.0 Å². The van der Waals surface area contributed by atoms with E-state index >= 15 is 0 Å². The highest BCUT2D eigenvalue weighted by atomic mass is 35.5. The minimum atomic E-state index is -3.81. The Morgan fingerprint density at radius 3 is 2.08 bits per heavy atom. The number of carbonyl (C=O) groups is 1. The zero-order valence-electron chi connectivity index (χ0n) is 26.2. The lowest BCUT2D eigenvalue weighted by Crippen LogP contribution is -2.39. The van der Waals surface area contributed by atoms with Crippen LogP contribution in [0.25, 0.3) is 11.0 Å². The average Bonchev–Trinajstić information content (AvgIpc) is 3.89. The van der Waals surface area contributed by atoms with E-state index in [4.69, 9.17) is 33.3 Å². The molecule has 2 fully saturated rings. The van der Waals surface area contributed by atoms with Gasteiger partial charge in [-0.3, -0.25) is 4.79 Å². The number of piperidine rings is 1. The van der Waals surface area contributed by atoms with Gasteiger partial charge in [-0.1, -0.05) is 59.6 Å². The molecular weight excluding hydrogens is 667 g/mol. The molecule has 0 bridgehead atoms. The SMILES string of the molecule is O=C(NCCO)c1cccc(S(=O)(=O)N2CCC(n3c(C4CC4)nc4ccc(C(c5ccc(Cl)cc5)c5ccc(Cl)cc5)cc43)CC2)c1. The molecule has 1 saturated carbocycles. The van der Waals surface area contributed by atoms with E-state index in [1.54, 1.807) is 12.1 Å². The van der Waals surface area contributed by atoms with Crippen LogP contribution < -0.4 is 5.32 Å². The molecule has 0 atom stereocenters. The number of aromatic nitrogens is 2. The minimum absolute atomic E-state index is 0.0508. The van der Waals surface area contributed by atoms with Crippen molar-refractivity contribution in [1.82, 2.24) is 19.2 Å². The summed E-state index contributed by atoms with van der Waals surface area (Å²) in [6.45, 7) is 0.616. The molecule has 1 amide bonds. The van der Waals surface area contributed by atoms with Crippen molar-refractivity contribution in [1.29, 1.82) is 0 Å². The number of sulfonamides is 1. The summed E-state index contributed by atoms with van der Waals surface area (Å²) < 4.78 is 31.3. The Morgan fingerprint density at radius 2 is 1.48 bits per heavy atom. The van der Waals surface area contributed by atoms with Crippen molar-refractivity contribution < 1.29 is 18.3 Å². The molecule has 1 saturated heterocycles. The molecule has 7 rings (SSSR count). The van der Waals surface area contributed by atoms with Gasteiger partial charge in [-0.25, -0.2) is 13.4 Å². The maximum Gasteiger partial charge on any atom is 0.251 e. The molecule has 2 aliphatic rings. The normalized spacial score (nSPS) is 16.1. The quantitative estimate of drug-likeness (QED) is 0.151. The van der Waals surface area contributed by atoms with Gasteiger partial charge < -0.3 is 15.0 Å². The molecule has 248 valence electrons. The van der Waals surface area contributed by atoms with Crippen LogP contribution >= 0.6 is 23.2 Å². The first-order chi connectivity index (χ1) is 23.2. The van der Waals surface area contributed by atoms with Crippen LogP contribution in [0.15, 0.2) is 95.9 Å². The maximum absolute atomic E-state index is 13.7. The summed E-state index contributed by atoms with van der Waals surface area (Å²) in [6.07, 6.45) is 3.49. The highest BCUT2D eigenvalue weighted by Gasteiger charge is 2.36. The number of rotatable bonds is 10. The summed E-state index contributed by atoms with van der Waals surface area (Å²) in [5, 5.41) is 13.0. The predicted octanol–water partition coefficient (Wildman–Crippen LogP) is 7.15. The standard InChI is InChI=1S/C37H36Cl2N4O4S/c38-29-11-6-24(7-12-29)35(25-8-13-30(39)14-9-25)27-10-15-33-34(23-27)43(36(41-33)26-4-5-26)31-16-19-42(20-17-31)48(46,47)32-3-1-2-28(22-32)37(45)40-18-21-44/h1-3,6-15,22-23,26,31,35,44H,4-5,16-21H2,(H,40,45). The number of carbonyl (C=O) groups excluding carboxylic acids is 1. The predicted molar refractivity (Wildman–Crippen MR) is 188 cm³/mol. The lowest BCUT2D eigenvalue weighted by molar-refractivity contribution is 0.0944. The fourth-order valence-corrected chi connectivity index (χ4v) is 8.54. The van der Waals surface area contributed by atoms with E-state index < -0.39 is 15.9 Å². The van der Waals surface area contributed by atoms with Gasteiger partial charge >= 0.3 is 0 Å². The summed E-state index contributed by atoms with van der Waals surface area (Å²) in [5.74, 6) is 1.02. The van der Waals surface area contributed by atoms with Crippen LogP contribution in [-0.2, 0) is 10.0 Å². The molecule has 48 heavy (non-hydrogen) atoms. The Balaban J connectivity index is 1.19. The molecule has 5 aromatic rings. The fourth-order valence-electron chi connectivity index (χ4n) is 6.77. The molecule has 0 spiro atoms. The maximum atomic E-state index is 13.7. The summed E-state index contributed by atoms with van der Waals surface area (Å²) in [5.41, 5.74) is 5.59.